The number of amides is 3. The van der Waals surface area contributed by atoms with E-state index >= 15 is 0 Å². The van der Waals surface area contributed by atoms with Gasteiger partial charge in [-0.1, -0.05) is 11.6 Å². The standard InChI is InChI=1S/C19H19Cl2N3O5S/c20-9-14(10-22-18(26)15-5-6-16(21)30-15)24(19(27)28)13-3-1-12(2-4-13)23-7-8-29-11-17(23)25/h1-6,14H,7-11H2,(H,22,26)(H,27,28)/t14-/m1/s1. The molecule has 160 valence electrons. The van der Waals surface area contributed by atoms with Gasteiger partial charge in [0.25, 0.3) is 11.8 Å². The van der Waals surface area contributed by atoms with Crippen molar-refractivity contribution in [3.05, 3.63) is 45.6 Å². The number of morpholine rings is 1. The highest BCUT2D eigenvalue weighted by Crippen LogP contribution is 2.25. The molecule has 0 bridgehead atoms. The molecular formula is C19H19Cl2N3O5S. The van der Waals surface area contributed by atoms with E-state index in [0.717, 1.165) is 16.2 Å². The molecule has 8 nitrogen and oxygen atoms in total. The molecule has 3 amide bonds. The molecule has 0 saturated carbocycles. The monoisotopic (exact) mass is 471 g/mol. The minimum atomic E-state index is -1.20. The van der Waals surface area contributed by atoms with Gasteiger partial charge in [-0.05, 0) is 36.4 Å². The fourth-order valence-electron chi connectivity index (χ4n) is 3.01. The summed E-state index contributed by atoms with van der Waals surface area (Å²) in [4.78, 5) is 39.2. The van der Waals surface area contributed by atoms with Gasteiger partial charge in [0.05, 0.1) is 21.9 Å². The average molecular weight is 472 g/mol. The van der Waals surface area contributed by atoms with Crippen molar-refractivity contribution in [1.82, 2.24) is 5.32 Å². The molecule has 0 unspecified atom stereocenters. The first kappa shape index (κ1) is 22.4. The van der Waals surface area contributed by atoms with Gasteiger partial charge in [0, 0.05) is 30.3 Å². The van der Waals surface area contributed by atoms with E-state index in [1.165, 1.54) is 0 Å². The van der Waals surface area contributed by atoms with Crippen LogP contribution in [-0.2, 0) is 9.53 Å². The van der Waals surface area contributed by atoms with E-state index in [1.807, 2.05) is 0 Å². The van der Waals surface area contributed by atoms with Crippen LogP contribution in [0.4, 0.5) is 16.2 Å². The van der Waals surface area contributed by atoms with Crippen LogP contribution < -0.4 is 15.1 Å². The number of rotatable bonds is 7. The first-order chi connectivity index (χ1) is 14.4. The number of carboxylic acid groups (broad SMARTS) is 1. The molecule has 0 aliphatic carbocycles. The average Bonchev–Trinajstić information content (AvgIpc) is 3.17. The van der Waals surface area contributed by atoms with Gasteiger partial charge in [-0.25, -0.2) is 4.79 Å². The number of thiophene rings is 1. The van der Waals surface area contributed by atoms with Crippen LogP contribution in [0, 0.1) is 0 Å². The summed E-state index contributed by atoms with van der Waals surface area (Å²) in [5, 5.41) is 12.4. The Labute approximate surface area is 186 Å². The topological polar surface area (TPSA) is 99.2 Å². The Balaban J connectivity index is 1.72. The van der Waals surface area contributed by atoms with Crippen molar-refractivity contribution in [2.75, 3.05) is 42.0 Å². The number of benzene rings is 1. The third kappa shape index (κ3) is 5.23. The molecule has 1 aromatic heterocycles. The van der Waals surface area contributed by atoms with Crippen molar-refractivity contribution in [3.8, 4) is 0 Å². The van der Waals surface area contributed by atoms with Gasteiger partial charge in [-0.3, -0.25) is 14.5 Å². The smallest absolute Gasteiger partial charge is 0.412 e. The Morgan fingerprint density at radius 1 is 1.27 bits per heavy atom. The van der Waals surface area contributed by atoms with E-state index in [0.29, 0.717) is 33.7 Å². The van der Waals surface area contributed by atoms with Crippen molar-refractivity contribution in [1.29, 1.82) is 0 Å². The van der Waals surface area contributed by atoms with Gasteiger partial charge in [0.15, 0.2) is 0 Å². The summed E-state index contributed by atoms with van der Waals surface area (Å²) in [5.41, 5.74) is 1.04. The predicted octanol–water partition coefficient (Wildman–Crippen LogP) is 3.29. The minimum Gasteiger partial charge on any atom is -0.465 e. The van der Waals surface area contributed by atoms with Crippen molar-refractivity contribution in [2.24, 2.45) is 0 Å². The Morgan fingerprint density at radius 3 is 2.57 bits per heavy atom. The van der Waals surface area contributed by atoms with Gasteiger partial charge in [0.1, 0.15) is 6.61 Å². The number of nitrogens with one attached hydrogen (secondary N) is 1. The number of hydrogen-bond donors (Lipinski definition) is 2. The largest absolute Gasteiger partial charge is 0.465 e. The summed E-state index contributed by atoms with van der Waals surface area (Å²) in [6.45, 7) is 0.919. The molecule has 2 heterocycles. The number of hydrogen-bond acceptors (Lipinski definition) is 5. The zero-order chi connectivity index (χ0) is 21.7. The third-order valence-corrected chi connectivity index (χ3v) is 6.06. The molecule has 1 saturated heterocycles. The Hall–Kier alpha value is -2.33. The Kier molecular flexibility index (Phi) is 7.54. The fourth-order valence-corrected chi connectivity index (χ4v) is 4.22. The van der Waals surface area contributed by atoms with E-state index in [2.05, 4.69) is 5.32 Å². The summed E-state index contributed by atoms with van der Waals surface area (Å²) < 4.78 is 5.61. The van der Waals surface area contributed by atoms with E-state index in [-0.39, 0.29) is 30.8 Å². The van der Waals surface area contributed by atoms with Crippen LogP contribution in [0.25, 0.3) is 0 Å². The maximum atomic E-state index is 12.2. The highest BCUT2D eigenvalue weighted by molar-refractivity contribution is 7.18. The van der Waals surface area contributed by atoms with Gasteiger partial charge < -0.3 is 20.1 Å². The molecule has 2 N–H and O–H groups in total. The van der Waals surface area contributed by atoms with E-state index < -0.39 is 12.1 Å². The number of carbonyl (C=O) groups excluding carboxylic acids is 2. The molecule has 1 atom stereocenters. The van der Waals surface area contributed by atoms with Crippen LogP contribution in [0.15, 0.2) is 36.4 Å². The summed E-state index contributed by atoms with van der Waals surface area (Å²) in [6, 6.07) is 9.07. The highest BCUT2D eigenvalue weighted by Gasteiger charge is 2.26. The van der Waals surface area contributed by atoms with Crippen LogP contribution in [0.5, 0.6) is 0 Å². The molecule has 0 spiro atoms. The SMILES string of the molecule is O=C(NC[C@@H](CCl)N(C(=O)O)c1ccc(N2CCOCC2=O)cc1)c1ccc(Cl)s1. The number of halogens is 2. The second-order valence-corrected chi connectivity index (χ2v) is 8.41. The fraction of sp³-hybridized carbons (Fsp3) is 0.316. The lowest BCUT2D eigenvalue weighted by atomic mass is 10.2. The van der Waals surface area contributed by atoms with Gasteiger partial charge in [-0.15, -0.1) is 22.9 Å². The number of ether oxygens (including phenoxy) is 1. The Bertz CT molecular complexity index is 921. The zero-order valence-corrected chi connectivity index (χ0v) is 18.0. The van der Waals surface area contributed by atoms with Crippen molar-refractivity contribution in [3.63, 3.8) is 0 Å². The lowest BCUT2D eigenvalue weighted by Crippen LogP contribution is -2.48. The summed E-state index contributed by atoms with van der Waals surface area (Å²) in [6.07, 6.45) is -1.20. The molecule has 11 heteroatoms. The molecule has 1 aliphatic rings. The van der Waals surface area contributed by atoms with Crippen LogP contribution in [0.1, 0.15) is 9.67 Å². The van der Waals surface area contributed by atoms with E-state index in [1.54, 1.807) is 41.3 Å². The maximum Gasteiger partial charge on any atom is 0.412 e. The van der Waals surface area contributed by atoms with Crippen molar-refractivity contribution >= 4 is 63.8 Å². The van der Waals surface area contributed by atoms with Crippen molar-refractivity contribution < 1.29 is 24.2 Å². The van der Waals surface area contributed by atoms with Crippen LogP contribution >= 0.6 is 34.5 Å². The lowest BCUT2D eigenvalue weighted by Gasteiger charge is -2.30. The molecule has 2 aromatic rings. The second kappa shape index (κ2) is 10.1. The summed E-state index contributed by atoms with van der Waals surface area (Å²) in [7, 11) is 0. The number of carbonyl (C=O) groups is 3. The van der Waals surface area contributed by atoms with Crippen molar-refractivity contribution in [2.45, 2.75) is 6.04 Å². The molecule has 30 heavy (non-hydrogen) atoms. The van der Waals surface area contributed by atoms with Crippen LogP contribution in [0.3, 0.4) is 0 Å². The number of alkyl halides is 1. The molecular weight excluding hydrogens is 453 g/mol. The van der Waals surface area contributed by atoms with Gasteiger partial charge in [0.2, 0.25) is 0 Å². The molecule has 1 aliphatic heterocycles. The Morgan fingerprint density at radius 2 is 2.00 bits per heavy atom. The highest BCUT2D eigenvalue weighted by atomic mass is 35.5. The quantitative estimate of drug-likeness (QED) is 0.603. The minimum absolute atomic E-state index is 0.0203. The van der Waals surface area contributed by atoms with Crippen LogP contribution in [-0.4, -0.2) is 61.2 Å². The molecule has 1 fully saturated rings. The zero-order valence-electron chi connectivity index (χ0n) is 15.7. The first-order valence-corrected chi connectivity index (χ1v) is 10.7. The predicted molar refractivity (Wildman–Crippen MR) is 116 cm³/mol. The van der Waals surface area contributed by atoms with E-state index in [4.69, 9.17) is 27.9 Å². The maximum absolute atomic E-state index is 12.2. The van der Waals surface area contributed by atoms with Gasteiger partial charge >= 0.3 is 6.09 Å². The second-order valence-electron chi connectivity index (χ2n) is 6.39. The van der Waals surface area contributed by atoms with Crippen LogP contribution in [0.2, 0.25) is 4.34 Å². The molecule has 1 aromatic carbocycles. The molecule has 3 rings (SSSR count). The number of anilines is 2. The van der Waals surface area contributed by atoms with Gasteiger partial charge in [-0.2, -0.15) is 0 Å². The first-order valence-electron chi connectivity index (χ1n) is 9.00. The summed E-state index contributed by atoms with van der Waals surface area (Å²) in [5.74, 6) is -0.533. The number of nitrogens with zero attached hydrogens (tertiary/aromatic N) is 2. The molecule has 0 radical (unpaired) electrons. The van der Waals surface area contributed by atoms with E-state index in [9.17, 15) is 19.5 Å². The summed E-state index contributed by atoms with van der Waals surface area (Å²) >= 11 is 13.0. The normalized spacial score (nSPS) is 15.0. The lowest BCUT2D eigenvalue weighted by molar-refractivity contribution is -0.125. The third-order valence-electron chi connectivity index (χ3n) is 4.47.